The van der Waals surface area contributed by atoms with Gasteiger partial charge in [-0.1, -0.05) is 18.2 Å². The average Bonchev–Trinajstić information content (AvgIpc) is 2.54. The Labute approximate surface area is 148 Å². The van der Waals surface area contributed by atoms with E-state index in [-0.39, 0.29) is 26.3 Å². The predicted molar refractivity (Wildman–Crippen MR) is 84.6 cm³/mol. The second-order valence-electron chi connectivity index (χ2n) is 5.49. The second kappa shape index (κ2) is 7.22. The van der Waals surface area contributed by atoms with Gasteiger partial charge < -0.3 is 9.47 Å². The first-order valence-corrected chi connectivity index (χ1v) is 9.07. The van der Waals surface area contributed by atoms with E-state index in [0.29, 0.717) is 11.3 Å². The van der Waals surface area contributed by atoms with E-state index in [4.69, 9.17) is 4.74 Å². The molecule has 3 rings (SSSR count). The molecule has 6 nitrogen and oxygen atoms in total. The molecule has 0 unspecified atom stereocenters. The third-order valence-corrected chi connectivity index (χ3v) is 5.63. The summed E-state index contributed by atoms with van der Waals surface area (Å²) in [6.07, 6.45) is -3.43. The van der Waals surface area contributed by atoms with Gasteiger partial charge in [0, 0.05) is 19.3 Å². The lowest BCUT2D eigenvalue weighted by Crippen LogP contribution is -2.35. The molecule has 1 aliphatic heterocycles. The number of aromatic nitrogens is 1. The summed E-state index contributed by atoms with van der Waals surface area (Å²) in [6.45, 7) is 0.321. The number of para-hydroxylation sites is 1. The highest BCUT2D eigenvalue weighted by Crippen LogP contribution is 2.32. The van der Waals surface area contributed by atoms with Gasteiger partial charge in [-0.05, 0) is 23.8 Å². The van der Waals surface area contributed by atoms with Crippen molar-refractivity contribution in [3.63, 3.8) is 0 Å². The molecule has 0 fully saturated rings. The average molecular weight is 388 g/mol. The van der Waals surface area contributed by atoms with Crippen LogP contribution in [0.2, 0.25) is 0 Å². The van der Waals surface area contributed by atoms with Gasteiger partial charge in [0.15, 0.2) is 0 Å². The Morgan fingerprint density at radius 1 is 1.15 bits per heavy atom. The number of halogens is 3. The van der Waals surface area contributed by atoms with Crippen LogP contribution in [0.15, 0.2) is 47.5 Å². The van der Waals surface area contributed by atoms with Gasteiger partial charge in [-0.2, -0.15) is 4.31 Å². The molecule has 26 heavy (non-hydrogen) atoms. The van der Waals surface area contributed by atoms with Crippen molar-refractivity contribution in [2.24, 2.45) is 0 Å². The molecule has 140 valence electrons. The van der Waals surface area contributed by atoms with Gasteiger partial charge >= 0.3 is 6.36 Å². The highest BCUT2D eigenvalue weighted by atomic mass is 32.2. The van der Waals surface area contributed by atoms with Gasteiger partial charge in [-0.25, -0.2) is 8.42 Å². The Bertz CT molecular complexity index is 887. The monoisotopic (exact) mass is 388 g/mol. The number of ether oxygens (including phenoxy) is 2. The van der Waals surface area contributed by atoms with Crippen LogP contribution in [0.1, 0.15) is 11.3 Å². The molecule has 0 saturated heterocycles. The smallest absolute Gasteiger partial charge is 0.404 e. The number of fused-ring (bicyclic) bond motifs is 1. The molecule has 0 bridgehead atoms. The fourth-order valence-electron chi connectivity index (χ4n) is 2.57. The van der Waals surface area contributed by atoms with Crippen molar-refractivity contribution in [1.82, 2.24) is 9.29 Å². The van der Waals surface area contributed by atoms with E-state index in [1.807, 2.05) is 0 Å². The van der Waals surface area contributed by atoms with Gasteiger partial charge in [-0.3, -0.25) is 4.98 Å². The van der Waals surface area contributed by atoms with Crippen LogP contribution in [0.4, 0.5) is 13.2 Å². The summed E-state index contributed by atoms with van der Waals surface area (Å²) >= 11 is 0. The number of sulfonamides is 1. The SMILES string of the molecule is O=S(=O)(c1ccccc1OC(F)(F)F)N1CCOCc2ncccc2C1. The van der Waals surface area contributed by atoms with Gasteiger partial charge in [0.25, 0.3) is 0 Å². The summed E-state index contributed by atoms with van der Waals surface area (Å²) in [5, 5.41) is 0. The molecule has 0 aliphatic carbocycles. The molecule has 0 spiro atoms. The zero-order chi connectivity index (χ0) is 18.8. The summed E-state index contributed by atoms with van der Waals surface area (Å²) < 4.78 is 74.1. The standard InChI is InChI=1S/C16H15F3N2O4S/c17-16(18,19)25-14-5-1-2-6-15(14)26(22,23)21-8-9-24-11-13-12(10-21)4-3-7-20-13/h1-7H,8-11H2. The lowest BCUT2D eigenvalue weighted by Gasteiger charge is -2.26. The van der Waals surface area contributed by atoms with E-state index in [2.05, 4.69) is 9.72 Å². The number of benzene rings is 1. The molecule has 0 radical (unpaired) electrons. The first kappa shape index (κ1) is 18.6. The lowest BCUT2D eigenvalue weighted by atomic mass is 10.2. The zero-order valence-electron chi connectivity index (χ0n) is 13.4. The first-order valence-electron chi connectivity index (χ1n) is 7.63. The quantitative estimate of drug-likeness (QED) is 0.809. The molecule has 1 aliphatic rings. The number of alkyl halides is 3. The number of nitrogens with zero attached hydrogens (tertiary/aromatic N) is 2. The maximum absolute atomic E-state index is 13.0. The van der Waals surface area contributed by atoms with Gasteiger partial charge in [0.2, 0.25) is 10.0 Å². The molecule has 0 N–H and O–H groups in total. The molecule has 1 aromatic heterocycles. The van der Waals surface area contributed by atoms with Crippen LogP contribution in [-0.4, -0.2) is 37.2 Å². The Balaban J connectivity index is 1.98. The summed E-state index contributed by atoms with van der Waals surface area (Å²) in [6, 6.07) is 8.03. The Kier molecular flexibility index (Phi) is 5.17. The molecule has 2 aromatic rings. The van der Waals surface area contributed by atoms with Crippen LogP contribution < -0.4 is 4.74 Å². The Morgan fingerprint density at radius 3 is 2.69 bits per heavy atom. The first-order chi connectivity index (χ1) is 12.3. The van der Waals surface area contributed by atoms with Gasteiger partial charge in [-0.15, -0.1) is 13.2 Å². The maximum atomic E-state index is 13.0. The number of rotatable bonds is 3. The molecule has 1 aromatic carbocycles. The van der Waals surface area contributed by atoms with Crippen LogP contribution in [0.5, 0.6) is 5.75 Å². The van der Waals surface area contributed by atoms with E-state index >= 15 is 0 Å². The van der Waals surface area contributed by atoms with Gasteiger partial charge in [0.05, 0.1) is 18.9 Å². The van der Waals surface area contributed by atoms with Crippen molar-refractivity contribution >= 4 is 10.0 Å². The lowest BCUT2D eigenvalue weighted by molar-refractivity contribution is -0.275. The minimum atomic E-state index is -5.00. The summed E-state index contributed by atoms with van der Waals surface area (Å²) in [5.41, 5.74) is 1.22. The van der Waals surface area contributed by atoms with Crippen LogP contribution >= 0.6 is 0 Å². The Morgan fingerprint density at radius 2 is 1.92 bits per heavy atom. The fraction of sp³-hybridized carbons (Fsp3) is 0.312. The molecule has 10 heteroatoms. The van der Waals surface area contributed by atoms with E-state index in [1.54, 1.807) is 18.3 Å². The summed E-state index contributed by atoms with van der Waals surface area (Å²) in [7, 11) is -4.25. The predicted octanol–water partition coefficient (Wildman–Crippen LogP) is 2.70. The fourth-order valence-corrected chi connectivity index (χ4v) is 4.08. The van der Waals surface area contributed by atoms with E-state index in [0.717, 1.165) is 16.4 Å². The molecule has 0 atom stereocenters. The number of hydrogen-bond acceptors (Lipinski definition) is 5. The maximum Gasteiger partial charge on any atom is 0.573 e. The Hall–Kier alpha value is -2.17. The third kappa shape index (κ3) is 4.14. The van der Waals surface area contributed by atoms with Crippen molar-refractivity contribution in [2.45, 2.75) is 24.4 Å². The largest absolute Gasteiger partial charge is 0.573 e. The van der Waals surface area contributed by atoms with Crippen molar-refractivity contribution in [1.29, 1.82) is 0 Å². The van der Waals surface area contributed by atoms with Crippen molar-refractivity contribution in [3.05, 3.63) is 53.9 Å². The molecular formula is C16H15F3N2O4S. The van der Waals surface area contributed by atoms with Crippen LogP contribution in [0, 0.1) is 0 Å². The van der Waals surface area contributed by atoms with E-state index in [9.17, 15) is 21.6 Å². The highest BCUT2D eigenvalue weighted by molar-refractivity contribution is 7.89. The third-order valence-electron chi connectivity index (χ3n) is 3.75. The van der Waals surface area contributed by atoms with Crippen LogP contribution in [-0.2, 0) is 27.9 Å². The molecule has 0 saturated carbocycles. The molecule has 2 heterocycles. The topological polar surface area (TPSA) is 68.7 Å². The molecular weight excluding hydrogens is 373 g/mol. The normalized spacial score (nSPS) is 16.4. The van der Waals surface area contributed by atoms with Crippen molar-refractivity contribution in [3.8, 4) is 5.75 Å². The second-order valence-corrected chi connectivity index (χ2v) is 7.40. The van der Waals surface area contributed by atoms with Crippen LogP contribution in [0.25, 0.3) is 0 Å². The van der Waals surface area contributed by atoms with Crippen LogP contribution in [0.3, 0.4) is 0 Å². The summed E-state index contributed by atoms with van der Waals surface area (Å²) in [4.78, 5) is 3.60. The van der Waals surface area contributed by atoms with Crippen molar-refractivity contribution in [2.75, 3.05) is 13.2 Å². The summed E-state index contributed by atoms with van der Waals surface area (Å²) in [5.74, 6) is -0.769. The van der Waals surface area contributed by atoms with Gasteiger partial charge in [0.1, 0.15) is 10.6 Å². The van der Waals surface area contributed by atoms with E-state index < -0.39 is 27.0 Å². The zero-order valence-corrected chi connectivity index (χ0v) is 14.3. The molecule has 0 amide bonds. The highest BCUT2D eigenvalue weighted by Gasteiger charge is 2.36. The number of pyridine rings is 1. The minimum Gasteiger partial charge on any atom is -0.404 e. The van der Waals surface area contributed by atoms with E-state index in [1.165, 1.54) is 12.1 Å². The minimum absolute atomic E-state index is 0.00296. The van der Waals surface area contributed by atoms with Crippen molar-refractivity contribution < 1.29 is 31.1 Å². The number of hydrogen-bond donors (Lipinski definition) is 0.